The molecule has 1 N–H and O–H groups in total. The fraction of sp³-hybridized carbons (Fsp3) is 0.500. The van der Waals surface area contributed by atoms with E-state index in [0.29, 0.717) is 0 Å². The highest BCUT2D eigenvalue weighted by molar-refractivity contribution is 7.90. The quantitative estimate of drug-likeness (QED) is 0.343. The van der Waals surface area contributed by atoms with Crippen LogP contribution in [0.3, 0.4) is 0 Å². The number of Topliss-reactive ketones (excluding diaryl/α,β-unsaturated/α-hetero) is 1. The molecule has 1 rings (SSSR count). The van der Waals surface area contributed by atoms with Crippen LogP contribution in [0.15, 0.2) is 0 Å². The molecular weight excluding hydrogens is 142 g/mol. The van der Waals surface area contributed by atoms with Crippen LogP contribution in [0.5, 0.6) is 0 Å². The smallest absolute Gasteiger partial charge is 0.268 e. The summed E-state index contributed by atoms with van der Waals surface area (Å²) in [5, 5.41) is 0. The van der Waals surface area contributed by atoms with Gasteiger partial charge in [0.05, 0.1) is 17.8 Å². The summed E-state index contributed by atoms with van der Waals surface area (Å²) < 4.78 is 12.6. The Hall–Kier alpha value is -0.550. The van der Waals surface area contributed by atoms with E-state index in [0.717, 1.165) is 0 Å². The summed E-state index contributed by atoms with van der Waals surface area (Å²) in [7, 11) is 0. The van der Waals surface area contributed by atoms with Crippen molar-refractivity contribution < 1.29 is 14.1 Å². The van der Waals surface area contributed by atoms with E-state index < -0.39 is 17.3 Å². The zero-order chi connectivity index (χ0) is 6.85. The molecule has 0 aromatic heterocycles. The third-order valence-electron chi connectivity index (χ3n) is 0.877. The number of nitrogens with one attached hydrogen (secondary N) is 1. The van der Waals surface area contributed by atoms with Gasteiger partial charge in [-0.25, -0.2) is 0 Å². The Morgan fingerprint density at radius 1 is 1.56 bits per heavy atom. The van der Waals surface area contributed by atoms with Gasteiger partial charge in [-0.05, 0) is 0 Å². The molecule has 0 aromatic rings. The molecule has 0 saturated carbocycles. The van der Waals surface area contributed by atoms with Crippen molar-refractivity contribution >= 4 is 23.1 Å². The topological polar surface area (TPSA) is 69.2 Å². The second-order valence-corrected chi connectivity index (χ2v) is 2.91. The van der Waals surface area contributed by atoms with E-state index in [1.165, 1.54) is 0 Å². The Bertz CT molecular complexity index is 142. The molecule has 5 heteroatoms. The van der Waals surface area contributed by atoms with Crippen LogP contribution in [0.1, 0.15) is 6.42 Å². The summed E-state index contributed by atoms with van der Waals surface area (Å²) in [6, 6.07) is 0. The van der Waals surface area contributed by atoms with Gasteiger partial charge in [0.15, 0.2) is 11.5 Å². The van der Waals surface area contributed by atoms with Gasteiger partial charge >= 0.3 is 0 Å². The van der Waals surface area contributed by atoms with Crippen LogP contribution in [0.25, 0.3) is 0 Å². The minimum atomic E-state index is -1.45. The van der Waals surface area contributed by atoms with Crippen LogP contribution in [0.4, 0.5) is 0 Å². The molecule has 1 amide bonds. The Balaban J connectivity index is 2.53. The van der Waals surface area contributed by atoms with Gasteiger partial charge in [0.1, 0.15) is 0 Å². The molecule has 1 fully saturated rings. The largest absolute Gasteiger partial charge is 0.593 e. The van der Waals surface area contributed by atoms with E-state index in [2.05, 4.69) is 4.72 Å². The molecule has 4 nitrogen and oxygen atoms in total. The zero-order valence-electron chi connectivity index (χ0n) is 4.55. The molecule has 0 aromatic carbocycles. The summed E-state index contributed by atoms with van der Waals surface area (Å²) in [5.74, 6) is -0.729. The SMILES string of the molecule is O=C1CC(=O)N[S+]([O-])C1. The molecule has 9 heavy (non-hydrogen) atoms. The Morgan fingerprint density at radius 3 is 2.67 bits per heavy atom. The van der Waals surface area contributed by atoms with Crippen LogP contribution < -0.4 is 4.72 Å². The number of hydrogen-bond acceptors (Lipinski definition) is 3. The lowest BCUT2D eigenvalue weighted by Gasteiger charge is -2.13. The molecule has 1 unspecified atom stereocenters. The predicted octanol–water partition coefficient (Wildman–Crippen LogP) is -1.26. The molecule has 1 aliphatic rings. The van der Waals surface area contributed by atoms with Gasteiger partial charge in [-0.15, -0.1) is 0 Å². The fourth-order valence-electron chi connectivity index (χ4n) is 0.575. The number of rotatable bonds is 0. The highest BCUT2D eigenvalue weighted by Crippen LogP contribution is 1.97. The van der Waals surface area contributed by atoms with Crippen molar-refractivity contribution in [2.75, 3.05) is 5.75 Å². The Morgan fingerprint density at radius 2 is 2.22 bits per heavy atom. The minimum absolute atomic E-state index is 0.0360. The van der Waals surface area contributed by atoms with Crippen LogP contribution in [0.2, 0.25) is 0 Å². The van der Waals surface area contributed by atoms with Crippen molar-refractivity contribution in [3.63, 3.8) is 0 Å². The molecule has 1 atom stereocenters. The third-order valence-corrected chi connectivity index (χ3v) is 1.92. The molecule has 1 heterocycles. The van der Waals surface area contributed by atoms with Crippen LogP contribution in [-0.4, -0.2) is 22.0 Å². The first-order valence-corrected chi connectivity index (χ1v) is 3.70. The van der Waals surface area contributed by atoms with Gasteiger partial charge in [0.25, 0.3) is 5.91 Å². The molecular formula is C4H5NO3S. The average molecular weight is 147 g/mol. The lowest BCUT2D eigenvalue weighted by atomic mass is 10.3. The van der Waals surface area contributed by atoms with Gasteiger partial charge < -0.3 is 4.55 Å². The Kier molecular flexibility index (Phi) is 1.73. The standard InChI is InChI=1S/C4H5NO3S/c6-3-1-4(7)5-9(8)2-3/h1-2H2,(H,5,7). The van der Waals surface area contributed by atoms with Crippen molar-refractivity contribution in [3.05, 3.63) is 0 Å². The highest BCUT2D eigenvalue weighted by atomic mass is 32.2. The monoisotopic (exact) mass is 147 g/mol. The lowest BCUT2D eigenvalue weighted by Crippen LogP contribution is -2.41. The highest BCUT2D eigenvalue weighted by Gasteiger charge is 2.25. The summed E-state index contributed by atoms with van der Waals surface area (Å²) in [6.45, 7) is 0. The second-order valence-electron chi connectivity index (χ2n) is 1.73. The maximum atomic E-state index is 10.4. The number of carbonyl (C=O) groups is 2. The molecule has 0 bridgehead atoms. The van der Waals surface area contributed by atoms with E-state index in [1.807, 2.05) is 0 Å². The first kappa shape index (κ1) is 6.57. The van der Waals surface area contributed by atoms with E-state index in [4.69, 9.17) is 0 Å². The molecule has 50 valence electrons. The summed E-state index contributed by atoms with van der Waals surface area (Å²) >= 11 is -1.45. The van der Waals surface area contributed by atoms with Crippen molar-refractivity contribution in [1.29, 1.82) is 0 Å². The van der Waals surface area contributed by atoms with Crippen LogP contribution >= 0.6 is 0 Å². The summed E-state index contributed by atoms with van der Waals surface area (Å²) in [5.41, 5.74) is 0. The molecule has 1 aliphatic heterocycles. The van der Waals surface area contributed by atoms with Gasteiger partial charge in [0.2, 0.25) is 0 Å². The van der Waals surface area contributed by atoms with Crippen LogP contribution in [-0.2, 0) is 21.0 Å². The molecule has 0 aliphatic carbocycles. The van der Waals surface area contributed by atoms with Gasteiger partial charge in [0, 0.05) is 0 Å². The van der Waals surface area contributed by atoms with E-state index in [-0.39, 0.29) is 18.0 Å². The van der Waals surface area contributed by atoms with Crippen molar-refractivity contribution in [2.24, 2.45) is 0 Å². The van der Waals surface area contributed by atoms with Gasteiger partial charge in [-0.1, -0.05) is 0 Å². The summed E-state index contributed by atoms with van der Waals surface area (Å²) in [6.07, 6.45) is -0.119. The zero-order valence-corrected chi connectivity index (χ0v) is 5.36. The molecule has 0 radical (unpaired) electrons. The number of ketones is 1. The van der Waals surface area contributed by atoms with Crippen molar-refractivity contribution in [3.8, 4) is 0 Å². The number of amides is 1. The predicted molar refractivity (Wildman–Crippen MR) is 30.8 cm³/mol. The van der Waals surface area contributed by atoms with E-state index in [9.17, 15) is 14.1 Å². The third kappa shape index (κ3) is 1.69. The lowest BCUT2D eigenvalue weighted by molar-refractivity contribution is -0.126. The van der Waals surface area contributed by atoms with E-state index in [1.54, 1.807) is 0 Å². The number of hydrogen-bond donors (Lipinski definition) is 1. The first-order chi connectivity index (χ1) is 4.18. The normalized spacial score (nSPS) is 27.9. The van der Waals surface area contributed by atoms with Crippen molar-refractivity contribution in [2.45, 2.75) is 6.42 Å². The number of carbonyl (C=O) groups excluding carboxylic acids is 2. The maximum Gasteiger partial charge on any atom is 0.268 e. The summed E-state index contributed by atoms with van der Waals surface area (Å²) in [4.78, 5) is 20.8. The van der Waals surface area contributed by atoms with Crippen LogP contribution in [0, 0.1) is 0 Å². The van der Waals surface area contributed by atoms with E-state index >= 15 is 0 Å². The Labute approximate surface area is 54.9 Å². The average Bonchev–Trinajstić information content (AvgIpc) is 1.59. The first-order valence-electron chi connectivity index (χ1n) is 2.38. The molecule has 0 spiro atoms. The second kappa shape index (κ2) is 2.36. The van der Waals surface area contributed by atoms with Gasteiger partial charge in [-0.3, -0.25) is 9.59 Å². The molecule has 1 saturated heterocycles. The van der Waals surface area contributed by atoms with Gasteiger partial charge in [-0.2, -0.15) is 4.72 Å². The minimum Gasteiger partial charge on any atom is -0.593 e. The maximum absolute atomic E-state index is 10.4. The van der Waals surface area contributed by atoms with Crippen molar-refractivity contribution in [1.82, 2.24) is 4.72 Å². The fourth-order valence-corrected chi connectivity index (χ4v) is 1.37.